The Hall–Kier alpha value is -4.41. The van der Waals surface area contributed by atoms with Gasteiger partial charge in [0.1, 0.15) is 6.04 Å². The van der Waals surface area contributed by atoms with Gasteiger partial charge in [-0.3, -0.25) is 4.79 Å². The summed E-state index contributed by atoms with van der Waals surface area (Å²) in [5, 5.41) is 12.4. The summed E-state index contributed by atoms with van der Waals surface area (Å²) in [6.07, 6.45) is 5.47. The first-order valence-electron chi connectivity index (χ1n) is 10.3. The van der Waals surface area contributed by atoms with E-state index in [1.54, 1.807) is 15.7 Å². The van der Waals surface area contributed by atoms with Crippen molar-refractivity contribution < 1.29 is 13.6 Å². The smallest absolute Gasteiger partial charge is 0.312 e. The summed E-state index contributed by atoms with van der Waals surface area (Å²) in [7, 11) is 0. The van der Waals surface area contributed by atoms with Crippen LogP contribution in [0.1, 0.15) is 39.4 Å². The molecule has 0 saturated carbocycles. The van der Waals surface area contributed by atoms with Crippen LogP contribution in [0.25, 0.3) is 17.1 Å². The van der Waals surface area contributed by atoms with E-state index in [1.165, 1.54) is 18.3 Å². The van der Waals surface area contributed by atoms with Crippen LogP contribution in [0.2, 0.25) is 0 Å². The third-order valence-electron chi connectivity index (χ3n) is 5.77. The van der Waals surface area contributed by atoms with Gasteiger partial charge in [-0.15, -0.1) is 10.2 Å². The Morgan fingerprint density at radius 2 is 2.15 bits per heavy atom. The van der Waals surface area contributed by atoms with E-state index in [-0.39, 0.29) is 17.5 Å². The van der Waals surface area contributed by atoms with Crippen molar-refractivity contribution in [2.24, 2.45) is 0 Å². The first-order valence-corrected chi connectivity index (χ1v) is 10.3. The summed E-state index contributed by atoms with van der Waals surface area (Å²) in [5.41, 5.74) is 4.22. The lowest BCUT2D eigenvalue weighted by Gasteiger charge is -2.32. The first kappa shape index (κ1) is 19.3. The zero-order valence-corrected chi connectivity index (χ0v) is 17.4. The van der Waals surface area contributed by atoms with E-state index in [2.05, 4.69) is 25.1 Å². The summed E-state index contributed by atoms with van der Waals surface area (Å²) in [6.45, 7) is 2.39. The molecule has 10 nitrogen and oxygen atoms in total. The molecule has 6 heterocycles. The number of amides is 1. The van der Waals surface area contributed by atoms with Crippen molar-refractivity contribution >= 4 is 11.4 Å². The van der Waals surface area contributed by atoms with Crippen molar-refractivity contribution in [2.45, 2.75) is 19.4 Å². The molecule has 5 aromatic rings. The molecule has 1 atom stereocenters. The number of hydrogen-bond donors (Lipinski definition) is 1. The van der Waals surface area contributed by atoms with Gasteiger partial charge < -0.3 is 14.3 Å². The van der Waals surface area contributed by atoms with Crippen LogP contribution in [0, 0.1) is 12.7 Å². The number of fused-ring (bicyclic) bond motifs is 2. The zero-order valence-electron chi connectivity index (χ0n) is 17.4. The number of pyridine rings is 2. The van der Waals surface area contributed by atoms with Gasteiger partial charge in [-0.05, 0) is 36.8 Å². The van der Waals surface area contributed by atoms with E-state index in [1.807, 2.05) is 31.3 Å². The highest BCUT2D eigenvalue weighted by Gasteiger charge is 2.38. The summed E-state index contributed by atoms with van der Waals surface area (Å²) in [4.78, 5) is 26.6. The Morgan fingerprint density at radius 3 is 3.00 bits per heavy atom. The molecule has 0 saturated heterocycles. The highest BCUT2D eigenvalue weighted by molar-refractivity contribution is 5.90. The number of rotatable bonds is 3. The Bertz CT molecular complexity index is 1500. The van der Waals surface area contributed by atoms with Gasteiger partial charge in [0.2, 0.25) is 0 Å². The number of aryl methyl sites for hydroxylation is 1. The average Bonchev–Trinajstić information content (AvgIpc) is 3.57. The molecule has 0 aliphatic carbocycles. The summed E-state index contributed by atoms with van der Waals surface area (Å²) < 4.78 is 21.4. The fourth-order valence-corrected chi connectivity index (χ4v) is 4.18. The third kappa shape index (κ3) is 3.08. The molecule has 33 heavy (non-hydrogen) atoms. The second-order valence-electron chi connectivity index (χ2n) is 7.75. The van der Waals surface area contributed by atoms with Gasteiger partial charge in [0, 0.05) is 31.1 Å². The molecule has 0 radical (unpaired) electrons. The number of nitrogens with zero attached hydrogens (tertiary/aromatic N) is 7. The predicted octanol–water partition coefficient (Wildman–Crippen LogP) is 2.74. The van der Waals surface area contributed by atoms with Gasteiger partial charge in [-0.25, -0.2) is 18.9 Å². The molecule has 0 aromatic carbocycles. The minimum absolute atomic E-state index is 0.107. The van der Waals surface area contributed by atoms with Crippen LogP contribution in [0.15, 0.2) is 53.5 Å². The number of H-pyrrole nitrogens is 1. The van der Waals surface area contributed by atoms with Gasteiger partial charge in [-0.1, -0.05) is 6.07 Å². The molecule has 5 aromatic heterocycles. The molecule has 11 heteroatoms. The SMILES string of the molecule is Cc1cccn2nc([C@@H]3c4nc[nH]c4CCN3C(=O)c3nnc(-c4ncccc4F)o3)cc12. The Kier molecular flexibility index (Phi) is 4.28. The van der Waals surface area contributed by atoms with Crippen molar-refractivity contribution in [2.75, 3.05) is 6.54 Å². The Balaban J connectivity index is 1.41. The standard InChI is InChI=1S/C22H17FN8O2/c1-12-4-3-8-31-16(12)10-15(29-31)19-18-14(25-11-26-18)6-9-30(19)22(32)21-28-27-20(33-21)17-13(23)5-2-7-24-17/h2-5,7-8,10-11,19H,6,9H2,1H3,(H,25,26)/t19-/m1/s1. The fraction of sp³-hybridized carbons (Fsp3) is 0.182. The van der Waals surface area contributed by atoms with E-state index in [0.717, 1.165) is 16.8 Å². The van der Waals surface area contributed by atoms with Crippen LogP contribution in [-0.2, 0) is 6.42 Å². The normalized spacial score (nSPS) is 15.7. The molecule has 0 bridgehead atoms. The predicted molar refractivity (Wildman–Crippen MR) is 113 cm³/mol. The maximum Gasteiger partial charge on any atom is 0.312 e. The molecule has 1 aliphatic rings. The third-order valence-corrected chi connectivity index (χ3v) is 5.77. The lowest BCUT2D eigenvalue weighted by Crippen LogP contribution is -2.41. The quantitative estimate of drug-likeness (QED) is 0.455. The van der Waals surface area contributed by atoms with Crippen LogP contribution < -0.4 is 0 Å². The number of halogens is 1. The molecule has 6 rings (SSSR count). The number of carbonyl (C=O) groups excluding carboxylic acids is 1. The Labute approximate surface area is 186 Å². The minimum Gasteiger partial charge on any atom is -0.411 e. The monoisotopic (exact) mass is 444 g/mol. The lowest BCUT2D eigenvalue weighted by atomic mass is 9.99. The van der Waals surface area contributed by atoms with Gasteiger partial charge in [0.25, 0.3) is 5.89 Å². The van der Waals surface area contributed by atoms with Gasteiger partial charge in [0.05, 0.1) is 23.2 Å². The first-order chi connectivity index (χ1) is 16.1. The highest BCUT2D eigenvalue weighted by atomic mass is 19.1. The van der Waals surface area contributed by atoms with E-state index < -0.39 is 17.8 Å². The molecule has 0 unspecified atom stereocenters. The number of carbonyl (C=O) groups is 1. The van der Waals surface area contributed by atoms with E-state index >= 15 is 0 Å². The van der Waals surface area contributed by atoms with Crippen LogP contribution in [0.4, 0.5) is 4.39 Å². The number of aromatic amines is 1. The molecule has 164 valence electrons. The Morgan fingerprint density at radius 1 is 1.24 bits per heavy atom. The van der Waals surface area contributed by atoms with Crippen LogP contribution in [0.3, 0.4) is 0 Å². The second kappa shape index (κ2) is 7.33. The summed E-state index contributed by atoms with van der Waals surface area (Å²) in [6, 6.07) is 8.01. The maximum atomic E-state index is 14.1. The van der Waals surface area contributed by atoms with E-state index in [0.29, 0.717) is 24.4 Å². The number of aromatic nitrogens is 7. The molecule has 1 amide bonds. The highest BCUT2D eigenvalue weighted by Crippen LogP contribution is 2.34. The second-order valence-corrected chi connectivity index (χ2v) is 7.75. The molecular formula is C22H17FN8O2. The molecular weight excluding hydrogens is 427 g/mol. The summed E-state index contributed by atoms with van der Waals surface area (Å²) >= 11 is 0. The minimum atomic E-state index is -0.614. The average molecular weight is 444 g/mol. The number of nitrogens with one attached hydrogen (secondary N) is 1. The van der Waals surface area contributed by atoms with E-state index in [9.17, 15) is 9.18 Å². The van der Waals surface area contributed by atoms with Crippen LogP contribution >= 0.6 is 0 Å². The van der Waals surface area contributed by atoms with Crippen molar-refractivity contribution in [1.29, 1.82) is 0 Å². The molecule has 1 N–H and O–H groups in total. The van der Waals surface area contributed by atoms with Crippen molar-refractivity contribution in [3.8, 4) is 11.6 Å². The largest absolute Gasteiger partial charge is 0.411 e. The topological polar surface area (TPSA) is 118 Å². The van der Waals surface area contributed by atoms with E-state index in [4.69, 9.17) is 9.52 Å². The van der Waals surface area contributed by atoms with Crippen molar-refractivity contribution in [3.63, 3.8) is 0 Å². The molecule has 1 aliphatic heterocycles. The maximum absolute atomic E-state index is 14.1. The van der Waals surface area contributed by atoms with Crippen LogP contribution in [0.5, 0.6) is 0 Å². The summed E-state index contributed by atoms with van der Waals surface area (Å²) in [5.74, 6) is -1.51. The van der Waals surface area contributed by atoms with Crippen molar-refractivity contribution in [3.05, 3.63) is 83.4 Å². The van der Waals surface area contributed by atoms with Gasteiger partial charge >= 0.3 is 11.8 Å². The number of hydrogen-bond acceptors (Lipinski definition) is 7. The van der Waals surface area contributed by atoms with Gasteiger partial charge in [0.15, 0.2) is 11.5 Å². The lowest BCUT2D eigenvalue weighted by molar-refractivity contribution is 0.0646. The van der Waals surface area contributed by atoms with Gasteiger partial charge in [-0.2, -0.15) is 5.10 Å². The van der Waals surface area contributed by atoms with Crippen LogP contribution in [-0.4, -0.2) is 52.1 Å². The molecule has 0 fully saturated rings. The number of imidazole rings is 1. The fourth-order valence-electron chi connectivity index (χ4n) is 4.18. The molecule has 0 spiro atoms. The van der Waals surface area contributed by atoms with Crippen molar-refractivity contribution in [1.82, 2.24) is 39.7 Å². The zero-order chi connectivity index (χ0) is 22.5.